The molecule has 8 fully saturated rings. The normalized spacial score (nSPS) is 34.3. The van der Waals surface area contributed by atoms with Crippen molar-refractivity contribution >= 4 is 24.4 Å². The van der Waals surface area contributed by atoms with Crippen molar-refractivity contribution in [3.05, 3.63) is 0 Å². The number of methoxy groups -OCH3 is 1. The fourth-order valence-electron chi connectivity index (χ4n) is 10.4. The van der Waals surface area contributed by atoms with Crippen molar-refractivity contribution in [3.63, 3.8) is 0 Å². The molecule has 0 atom stereocenters. The zero-order chi connectivity index (χ0) is 35.1. The average molecular weight is 703 g/mol. The molecule has 4 amide bonds. The number of hydrogen-bond acceptors (Lipinski definition) is 10. The van der Waals surface area contributed by atoms with Crippen LogP contribution in [0.25, 0.3) is 0 Å². The van der Waals surface area contributed by atoms with Crippen LogP contribution in [-0.4, -0.2) is 158 Å². The third-order valence-corrected chi connectivity index (χ3v) is 13.4. The molecule has 14 heteroatoms. The van der Waals surface area contributed by atoms with Gasteiger partial charge in [-0.15, -0.1) is 0 Å². The molecule has 0 radical (unpaired) electrons. The van der Waals surface area contributed by atoms with Crippen LogP contribution in [0.3, 0.4) is 0 Å². The molecule has 0 aromatic heterocycles. The van der Waals surface area contributed by atoms with Gasteiger partial charge >= 0.3 is 24.4 Å². The summed E-state index contributed by atoms with van der Waals surface area (Å²) in [7, 11) is 1.45. The molecule has 2 aliphatic carbocycles. The van der Waals surface area contributed by atoms with Crippen molar-refractivity contribution in [2.45, 2.75) is 108 Å². The zero-order valence-corrected chi connectivity index (χ0v) is 30.4. The maximum atomic E-state index is 12.1. The van der Waals surface area contributed by atoms with Crippen LogP contribution in [0.5, 0.6) is 0 Å². The Labute approximate surface area is 296 Å². The van der Waals surface area contributed by atoms with E-state index in [-0.39, 0.29) is 35.6 Å². The number of nitrogens with one attached hydrogen (secondary N) is 1. The first-order valence-electron chi connectivity index (χ1n) is 19.2. The van der Waals surface area contributed by atoms with Gasteiger partial charge in [0.1, 0.15) is 11.2 Å². The van der Waals surface area contributed by atoms with Gasteiger partial charge < -0.3 is 48.8 Å². The van der Waals surface area contributed by atoms with Gasteiger partial charge in [-0.2, -0.15) is 0 Å². The highest BCUT2D eigenvalue weighted by Gasteiger charge is 2.55. The zero-order valence-electron chi connectivity index (χ0n) is 30.4. The summed E-state index contributed by atoms with van der Waals surface area (Å²) in [6.45, 7) is 14.0. The Morgan fingerprint density at radius 2 is 1.28 bits per heavy atom. The molecule has 0 aromatic carbocycles. The van der Waals surface area contributed by atoms with E-state index in [1.807, 2.05) is 21.6 Å². The summed E-state index contributed by atoms with van der Waals surface area (Å²) in [5, 5.41) is 2.78. The van der Waals surface area contributed by atoms with Gasteiger partial charge in [0.05, 0.1) is 26.8 Å². The fraction of sp³-hybridized carbons (Fsp3) is 0.889. The minimum Gasteiger partial charge on any atom is -0.453 e. The summed E-state index contributed by atoms with van der Waals surface area (Å²) in [6.07, 6.45) is 10.9. The Morgan fingerprint density at radius 1 is 0.740 bits per heavy atom. The number of carbonyl (C=O) groups excluding carboxylic acids is 4. The maximum Gasteiger partial charge on any atom is 0.410 e. The van der Waals surface area contributed by atoms with E-state index >= 15 is 0 Å². The number of nitrogens with zero attached hydrogens (tertiary/aromatic N) is 5. The molecule has 0 unspecified atom stereocenters. The van der Waals surface area contributed by atoms with Crippen LogP contribution in [0.4, 0.5) is 19.2 Å². The fourth-order valence-corrected chi connectivity index (χ4v) is 10.4. The lowest BCUT2D eigenvalue weighted by Crippen LogP contribution is -2.57. The predicted molar refractivity (Wildman–Crippen MR) is 183 cm³/mol. The topological polar surface area (TPSA) is 133 Å². The molecule has 8 rings (SSSR count). The number of ether oxygens (including phenoxy) is 4. The van der Waals surface area contributed by atoms with Gasteiger partial charge in [-0.05, 0) is 62.7 Å². The molecule has 1 N–H and O–H groups in total. The van der Waals surface area contributed by atoms with Gasteiger partial charge in [-0.1, -0.05) is 6.92 Å². The van der Waals surface area contributed by atoms with E-state index in [0.717, 1.165) is 110 Å². The first-order valence-corrected chi connectivity index (χ1v) is 19.2. The molecule has 6 heterocycles. The Balaban J connectivity index is 0.000000159. The van der Waals surface area contributed by atoms with Crippen molar-refractivity contribution in [3.8, 4) is 0 Å². The Kier molecular flexibility index (Phi) is 9.81. The number of carbonyl (C=O) groups is 4. The Hall–Kier alpha value is -3.00. The van der Waals surface area contributed by atoms with Crippen molar-refractivity contribution in [2.75, 3.05) is 85.7 Å². The van der Waals surface area contributed by atoms with Crippen molar-refractivity contribution < 1.29 is 38.1 Å². The molecular weight excluding hydrogens is 644 g/mol. The van der Waals surface area contributed by atoms with E-state index in [0.29, 0.717) is 36.1 Å². The molecule has 50 heavy (non-hydrogen) atoms. The molecule has 6 saturated heterocycles. The third kappa shape index (κ3) is 6.95. The largest absolute Gasteiger partial charge is 0.453 e. The average Bonchev–Trinajstić information content (AvgIpc) is 3.87. The number of rotatable bonds is 5. The summed E-state index contributed by atoms with van der Waals surface area (Å²) in [5.74, 6) is 0. The first-order chi connectivity index (χ1) is 24.0. The summed E-state index contributed by atoms with van der Waals surface area (Å²) in [6, 6.07) is 1.24. The minimum absolute atomic E-state index is 0.127. The molecule has 0 aromatic rings. The van der Waals surface area contributed by atoms with E-state index in [4.69, 9.17) is 18.9 Å². The van der Waals surface area contributed by atoms with Crippen molar-refractivity contribution in [1.82, 2.24) is 29.8 Å². The van der Waals surface area contributed by atoms with Crippen LogP contribution in [0.1, 0.15) is 84.5 Å². The summed E-state index contributed by atoms with van der Waals surface area (Å²) in [5.41, 5.74) is 0.113. The Bertz CT molecular complexity index is 1280. The highest BCUT2D eigenvalue weighted by molar-refractivity contribution is 5.71. The summed E-state index contributed by atoms with van der Waals surface area (Å²) < 4.78 is 21.3. The van der Waals surface area contributed by atoms with E-state index < -0.39 is 0 Å². The molecule has 280 valence electrons. The van der Waals surface area contributed by atoms with Crippen LogP contribution in [0, 0.1) is 10.8 Å². The Morgan fingerprint density at radius 3 is 1.76 bits per heavy atom. The highest BCUT2D eigenvalue weighted by Crippen LogP contribution is 2.52. The number of hydrogen-bond donors (Lipinski definition) is 1. The number of piperidine rings is 2. The first kappa shape index (κ1) is 35.4. The van der Waals surface area contributed by atoms with E-state index in [1.165, 1.54) is 32.8 Å². The van der Waals surface area contributed by atoms with Gasteiger partial charge in [0.25, 0.3) is 0 Å². The second-order valence-electron chi connectivity index (χ2n) is 16.6. The maximum absolute atomic E-state index is 12.1. The van der Waals surface area contributed by atoms with Gasteiger partial charge in [0, 0.05) is 96.7 Å². The number of likely N-dealkylation sites (tertiary alicyclic amines) is 4. The van der Waals surface area contributed by atoms with Gasteiger partial charge in [0.2, 0.25) is 0 Å². The van der Waals surface area contributed by atoms with Crippen LogP contribution < -0.4 is 5.32 Å². The molecule has 0 bridgehead atoms. The third-order valence-electron chi connectivity index (χ3n) is 13.4. The van der Waals surface area contributed by atoms with Gasteiger partial charge in [-0.3, -0.25) is 0 Å². The quantitative estimate of drug-likeness (QED) is 0.421. The van der Waals surface area contributed by atoms with Gasteiger partial charge in [0.15, 0.2) is 0 Å². The smallest absolute Gasteiger partial charge is 0.410 e. The second-order valence-corrected chi connectivity index (χ2v) is 16.6. The lowest BCUT2D eigenvalue weighted by molar-refractivity contribution is -0.0512. The van der Waals surface area contributed by atoms with Crippen LogP contribution in [-0.2, 0) is 18.9 Å². The monoisotopic (exact) mass is 702 g/mol. The second kappa shape index (κ2) is 13.9. The number of alkyl carbamates (subject to hydrolysis) is 1. The molecular formula is C36H58N6O8. The van der Waals surface area contributed by atoms with E-state index in [1.54, 1.807) is 0 Å². The summed E-state index contributed by atoms with van der Waals surface area (Å²) >= 11 is 0. The molecule has 4 spiro atoms. The standard InChI is InChI=1S/C20H33N3O4.C16H25N3O4/c1-3-8-22-15-20(27-18(22)25)6-10-21(11-7-20)16-12-19(13-16)5-9-23(14-19)17(24)26-4-2;1-22-14(21)19-5-2-15(11-19)8-12(9-15)18-6-3-16(4-7-18)10-17-13(20)23-16/h16H,3-15H2,1-2H3;12H,2-11H2,1H3,(H,17,20). The SMILES string of the molecule is CCCN1CC2(CCN(C3CC4(CCN(C(=O)OCC)C4)C3)CC2)OC1=O.COC(=O)N1CCC2(CC(N3CCC4(CC3)CNC(=O)O4)C2)C1. The van der Waals surface area contributed by atoms with Crippen LogP contribution >= 0.6 is 0 Å². The van der Waals surface area contributed by atoms with E-state index in [9.17, 15) is 19.2 Å². The van der Waals surface area contributed by atoms with Crippen LogP contribution in [0.15, 0.2) is 0 Å². The van der Waals surface area contributed by atoms with Crippen molar-refractivity contribution in [2.24, 2.45) is 10.8 Å². The molecule has 2 saturated carbocycles. The van der Waals surface area contributed by atoms with E-state index in [2.05, 4.69) is 22.0 Å². The molecule has 14 nitrogen and oxygen atoms in total. The lowest BCUT2D eigenvalue weighted by atomic mass is 9.64. The van der Waals surface area contributed by atoms with Gasteiger partial charge in [-0.25, -0.2) is 19.2 Å². The number of amides is 4. The highest BCUT2D eigenvalue weighted by atomic mass is 16.6. The lowest BCUT2D eigenvalue weighted by Gasteiger charge is -2.52. The molecule has 6 aliphatic heterocycles. The summed E-state index contributed by atoms with van der Waals surface area (Å²) in [4.78, 5) is 57.7. The minimum atomic E-state index is -0.269. The molecule has 8 aliphatic rings. The van der Waals surface area contributed by atoms with Crippen LogP contribution in [0.2, 0.25) is 0 Å². The predicted octanol–water partition coefficient (Wildman–Crippen LogP) is 3.88. The van der Waals surface area contributed by atoms with Crippen molar-refractivity contribution in [1.29, 1.82) is 0 Å².